The van der Waals surface area contributed by atoms with Crippen LogP contribution in [0, 0.1) is 5.92 Å². The Morgan fingerprint density at radius 3 is 2.67 bits per heavy atom. The molecule has 0 radical (unpaired) electrons. The highest BCUT2D eigenvalue weighted by atomic mass is 16.4. The van der Waals surface area contributed by atoms with Crippen LogP contribution < -0.4 is 0 Å². The number of carbonyl (C=O) groups excluding carboxylic acids is 1. The van der Waals surface area contributed by atoms with E-state index in [1.165, 1.54) is 10.6 Å². The van der Waals surface area contributed by atoms with Crippen LogP contribution in [0.3, 0.4) is 0 Å². The third kappa shape index (κ3) is 3.91. The second kappa shape index (κ2) is 6.23. The average molecular weight is 252 g/mol. The lowest BCUT2D eigenvalue weighted by Gasteiger charge is -2.19. The summed E-state index contributed by atoms with van der Waals surface area (Å²) in [5, 5.41) is 8.94. The summed E-state index contributed by atoms with van der Waals surface area (Å²) in [6.45, 7) is 4.98. The van der Waals surface area contributed by atoms with E-state index < -0.39 is 5.97 Å². The number of rotatable bonds is 6. The third-order valence-electron chi connectivity index (χ3n) is 2.82. The Morgan fingerprint density at radius 2 is 2.11 bits per heavy atom. The summed E-state index contributed by atoms with van der Waals surface area (Å²) in [4.78, 5) is 24.5. The van der Waals surface area contributed by atoms with Gasteiger partial charge in [0.15, 0.2) is 0 Å². The summed E-state index contributed by atoms with van der Waals surface area (Å²) in [6, 6.07) is 3.12. The van der Waals surface area contributed by atoms with E-state index in [1.807, 2.05) is 0 Å². The van der Waals surface area contributed by atoms with Gasteiger partial charge >= 0.3 is 5.97 Å². The van der Waals surface area contributed by atoms with Gasteiger partial charge in [-0.15, -0.1) is 0 Å². The summed E-state index contributed by atoms with van der Waals surface area (Å²) in [5.74, 6) is -0.548. The van der Waals surface area contributed by atoms with Crippen molar-refractivity contribution in [2.75, 3.05) is 13.6 Å². The number of amides is 1. The molecule has 5 nitrogen and oxygen atoms in total. The second-order valence-electron chi connectivity index (χ2n) is 4.82. The van der Waals surface area contributed by atoms with Crippen molar-refractivity contribution in [2.45, 2.75) is 26.8 Å². The molecule has 0 unspecified atom stereocenters. The molecular formula is C13H20N2O3. The lowest BCUT2D eigenvalue weighted by Crippen LogP contribution is -2.32. The molecule has 1 aromatic rings. The number of carboxylic acid groups (broad SMARTS) is 1. The molecule has 18 heavy (non-hydrogen) atoms. The Morgan fingerprint density at radius 1 is 1.44 bits per heavy atom. The van der Waals surface area contributed by atoms with Gasteiger partial charge in [-0.2, -0.15) is 0 Å². The van der Waals surface area contributed by atoms with E-state index in [4.69, 9.17) is 5.11 Å². The van der Waals surface area contributed by atoms with Crippen molar-refractivity contribution in [1.29, 1.82) is 0 Å². The Bertz CT molecular complexity index is 424. The first-order chi connectivity index (χ1) is 8.41. The molecule has 1 aromatic heterocycles. The van der Waals surface area contributed by atoms with Crippen molar-refractivity contribution in [3.63, 3.8) is 0 Å². The molecule has 0 aliphatic carbocycles. The zero-order valence-electron chi connectivity index (χ0n) is 11.1. The predicted octanol–water partition coefficient (Wildman–Crippen LogP) is 1.69. The first kappa shape index (κ1) is 14.3. The van der Waals surface area contributed by atoms with Crippen molar-refractivity contribution < 1.29 is 14.7 Å². The molecule has 0 bridgehead atoms. The third-order valence-corrected chi connectivity index (χ3v) is 2.82. The summed E-state index contributed by atoms with van der Waals surface area (Å²) < 4.78 is 1.45. The molecule has 0 aliphatic rings. The lowest BCUT2D eigenvalue weighted by molar-refractivity contribution is -0.130. The van der Waals surface area contributed by atoms with Gasteiger partial charge in [0.05, 0.1) is 0 Å². The van der Waals surface area contributed by atoms with Crippen LogP contribution >= 0.6 is 0 Å². The fourth-order valence-corrected chi connectivity index (χ4v) is 1.59. The van der Waals surface area contributed by atoms with Gasteiger partial charge in [-0.05, 0) is 24.5 Å². The molecule has 1 heterocycles. The Labute approximate surface area is 107 Å². The van der Waals surface area contributed by atoms with Gasteiger partial charge < -0.3 is 14.6 Å². The van der Waals surface area contributed by atoms with E-state index in [2.05, 4.69) is 13.8 Å². The highest BCUT2D eigenvalue weighted by Crippen LogP contribution is 2.05. The van der Waals surface area contributed by atoms with Gasteiger partial charge in [0, 0.05) is 19.8 Å². The molecule has 1 N–H and O–H groups in total. The van der Waals surface area contributed by atoms with Gasteiger partial charge in [-0.25, -0.2) is 4.79 Å². The maximum atomic E-state index is 11.9. The van der Waals surface area contributed by atoms with Crippen molar-refractivity contribution >= 4 is 11.9 Å². The van der Waals surface area contributed by atoms with Gasteiger partial charge in [0.25, 0.3) is 0 Å². The highest BCUT2D eigenvalue weighted by Gasteiger charge is 2.14. The number of hydrogen-bond donors (Lipinski definition) is 1. The molecule has 0 aliphatic heterocycles. The van der Waals surface area contributed by atoms with Gasteiger partial charge in [-0.3, -0.25) is 4.79 Å². The maximum Gasteiger partial charge on any atom is 0.352 e. The molecule has 1 rings (SSSR count). The molecule has 1 amide bonds. The molecule has 0 aromatic carbocycles. The predicted molar refractivity (Wildman–Crippen MR) is 68.5 cm³/mol. The summed E-state index contributed by atoms with van der Waals surface area (Å²) >= 11 is 0. The standard InChI is InChI=1S/C13H20N2O3/c1-10(2)6-8-14(3)12(16)9-15-7-4-5-11(15)13(17)18/h4-5,7,10H,6,8-9H2,1-3H3,(H,17,18). The monoisotopic (exact) mass is 252 g/mol. The van der Waals surface area contributed by atoms with Gasteiger partial charge in [0.2, 0.25) is 5.91 Å². The Kier molecular flexibility index (Phi) is 4.95. The van der Waals surface area contributed by atoms with Crippen LogP contribution in [-0.4, -0.2) is 40.0 Å². The van der Waals surface area contributed by atoms with Crippen molar-refractivity contribution in [3.05, 3.63) is 24.0 Å². The average Bonchev–Trinajstić information content (AvgIpc) is 2.73. The molecule has 5 heteroatoms. The maximum absolute atomic E-state index is 11.9. The first-order valence-electron chi connectivity index (χ1n) is 6.04. The molecule has 0 fully saturated rings. The van der Waals surface area contributed by atoms with Crippen LogP contribution in [0.2, 0.25) is 0 Å². The molecule has 0 saturated carbocycles. The van der Waals surface area contributed by atoms with Crippen molar-refractivity contribution in [2.24, 2.45) is 5.92 Å². The zero-order chi connectivity index (χ0) is 13.7. The summed E-state index contributed by atoms with van der Waals surface area (Å²) in [5.41, 5.74) is 0.139. The van der Waals surface area contributed by atoms with E-state index in [-0.39, 0.29) is 18.1 Å². The van der Waals surface area contributed by atoms with Gasteiger partial charge in [-0.1, -0.05) is 13.8 Å². The van der Waals surface area contributed by atoms with E-state index in [0.717, 1.165) is 6.42 Å². The molecule has 0 saturated heterocycles. The number of hydrogen-bond acceptors (Lipinski definition) is 2. The van der Waals surface area contributed by atoms with Crippen LogP contribution in [0.1, 0.15) is 30.8 Å². The second-order valence-corrected chi connectivity index (χ2v) is 4.82. The van der Waals surface area contributed by atoms with Crippen LogP contribution in [0.25, 0.3) is 0 Å². The lowest BCUT2D eigenvalue weighted by atomic mass is 10.1. The summed E-state index contributed by atoms with van der Waals surface area (Å²) in [7, 11) is 1.74. The Balaban J connectivity index is 2.58. The van der Waals surface area contributed by atoms with Crippen LogP contribution in [0.5, 0.6) is 0 Å². The number of likely N-dealkylation sites (N-methyl/N-ethyl adjacent to an activating group) is 1. The van der Waals surface area contributed by atoms with Crippen molar-refractivity contribution in [3.8, 4) is 0 Å². The number of aromatic carboxylic acids is 1. The van der Waals surface area contributed by atoms with E-state index >= 15 is 0 Å². The molecule has 0 atom stereocenters. The molecular weight excluding hydrogens is 232 g/mol. The van der Waals surface area contributed by atoms with Gasteiger partial charge in [0.1, 0.15) is 12.2 Å². The Hall–Kier alpha value is -1.78. The minimum atomic E-state index is -1.02. The van der Waals surface area contributed by atoms with Crippen LogP contribution in [0.15, 0.2) is 18.3 Å². The minimum Gasteiger partial charge on any atom is -0.477 e. The van der Waals surface area contributed by atoms with Crippen LogP contribution in [-0.2, 0) is 11.3 Å². The minimum absolute atomic E-state index is 0.0726. The number of aromatic nitrogens is 1. The number of carboxylic acids is 1. The highest BCUT2D eigenvalue weighted by molar-refractivity contribution is 5.86. The fourth-order valence-electron chi connectivity index (χ4n) is 1.59. The molecule has 0 spiro atoms. The van der Waals surface area contributed by atoms with Crippen LogP contribution in [0.4, 0.5) is 0 Å². The SMILES string of the molecule is CC(C)CCN(C)C(=O)Cn1cccc1C(=O)O. The van der Waals surface area contributed by atoms with E-state index in [1.54, 1.807) is 24.2 Å². The summed E-state index contributed by atoms with van der Waals surface area (Å²) in [6.07, 6.45) is 2.55. The van der Waals surface area contributed by atoms with E-state index in [0.29, 0.717) is 12.5 Å². The quantitative estimate of drug-likeness (QED) is 0.838. The number of nitrogens with zero attached hydrogens (tertiary/aromatic N) is 2. The fraction of sp³-hybridized carbons (Fsp3) is 0.538. The van der Waals surface area contributed by atoms with Crippen molar-refractivity contribution in [1.82, 2.24) is 9.47 Å². The van der Waals surface area contributed by atoms with E-state index in [9.17, 15) is 9.59 Å². The molecule has 100 valence electrons. The smallest absolute Gasteiger partial charge is 0.352 e. The normalized spacial score (nSPS) is 10.7. The topological polar surface area (TPSA) is 62.5 Å². The number of carbonyl (C=O) groups is 2. The first-order valence-corrected chi connectivity index (χ1v) is 6.04. The zero-order valence-corrected chi connectivity index (χ0v) is 11.1. The largest absolute Gasteiger partial charge is 0.477 e.